The van der Waals surface area contributed by atoms with Gasteiger partial charge in [0.1, 0.15) is 5.75 Å². The lowest BCUT2D eigenvalue weighted by atomic mass is 9.68. The number of hydrogen-bond donors (Lipinski definition) is 4. The van der Waals surface area contributed by atoms with E-state index in [1.165, 1.54) is 4.90 Å². The summed E-state index contributed by atoms with van der Waals surface area (Å²) in [6.07, 6.45) is 9.00. The molecule has 2 amide bonds. The number of phenolic OH excluding ortho intramolecular Hbond substituents is 1. The van der Waals surface area contributed by atoms with Gasteiger partial charge < -0.3 is 20.4 Å². The highest BCUT2D eigenvalue weighted by Gasteiger charge is 2.56. The number of carbonyl (C=O) groups excluding carboxylic acids is 2. The zero-order valence-electron chi connectivity index (χ0n) is 23.7. The second kappa shape index (κ2) is 12.8. The summed E-state index contributed by atoms with van der Waals surface area (Å²) in [6, 6.07) is 3.82. The van der Waals surface area contributed by atoms with Gasteiger partial charge in [-0.3, -0.25) is 14.5 Å². The van der Waals surface area contributed by atoms with Gasteiger partial charge in [0.05, 0.1) is 31.2 Å². The van der Waals surface area contributed by atoms with E-state index in [1.807, 2.05) is 26.0 Å². The summed E-state index contributed by atoms with van der Waals surface area (Å²) in [5, 5.41) is 42.3. The van der Waals surface area contributed by atoms with Gasteiger partial charge in [-0.05, 0) is 92.3 Å². The van der Waals surface area contributed by atoms with Crippen LogP contribution in [0.5, 0.6) is 5.75 Å². The van der Waals surface area contributed by atoms with Crippen molar-refractivity contribution in [1.29, 1.82) is 0 Å². The first-order valence-electron chi connectivity index (χ1n) is 14.7. The Morgan fingerprint density at radius 1 is 1.05 bits per heavy atom. The van der Waals surface area contributed by atoms with Crippen LogP contribution in [-0.2, 0) is 9.59 Å². The molecule has 2 fully saturated rings. The van der Waals surface area contributed by atoms with Gasteiger partial charge in [0.2, 0.25) is 11.8 Å². The zero-order chi connectivity index (χ0) is 28.3. The molecular weight excluding hydrogens is 494 g/mol. The van der Waals surface area contributed by atoms with Crippen molar-refractivity contribution in [3.8, 4) is 5.75 Å². The summed E-state index contributed by atoms with van der Waals surface area (Å²) in [6.45, 7) is 5.20. The topological polar surface area (TPSA) is 118 Å². The Labute approximate surface area is 232 Å². The highest BCUT2D eigenvalue weighted by molar-refractivity contribution is 6.06. The van der Waals surface area contributed by atoms with Crippen molar-refractivity contribution >= 4 is 17.9 Å². The van der Waals surface area contributed by atoms with Gasteiger partial charge in [-0.15, -0.1) is 0 Å². The molecule has 1 aromatic carbocycles. The molecule has 3 aliphatic rings. The van der Waals surface area contributed by atoms with Crippen LogP contribution in [0.3, 0.4) is 0 Å². The fourth-order valence-corrected chi connectivity index (χ4v) is 7.21. The number of benzene rings is 1. The Bertz CT molecular complexity index is 1110. The maximum atomic E-state index is 13.6. The third-order valence-electron chi connectivity index (χ3n) is 9.10. The molecule has 4 atom stereocenters. The van der Waals surface area contributed by atoms with Crippen molar-refractivity contribution in [2.45, 2.75) is 97.1 Å². The number of rotatable bonds is 10. The molecule has 7 heteroatoms. The first-order chi connectivity index (χ1) is 18.7. The minimum atomic E-state index is -0.930. The predicted octanol–water partition coefficient (Wildman–Crippen LogP) is 4.57. The summed E-state index contributed by atoms with van der Waals surface area (Å²) >= 11 is 0. The van der Waals surface area contributed by atoms with E-state index in [4.69, 9.17) is 0 Å². The normalized spacial score (nSPS) is 25.4. The van der Waals surface area contributed by atoms with Crippen LogP contribution in [0.4, 0.5) is 0 Å². The average Bonchev–Trinajstić information content (AvgIpc) is 3.18. The zero-order valence-corrected chi connectivity index (χ0v) is 23.7. The third kappa shape index (κ3) is 6.01. The Kier molecular flexibility index (Phi) is 9.68. The minimum Gasteiger partial charge on any atom is -0.507 e. The van der Waals surface area contributed by atoms with Gasteiger partial charge in [-0.2, -0.15) is 0 Å². The van der Waals surface area contributed by atoms with Gasteiger partial charge >= 0.3 is 0 Å². The van der Waals surface area contributed by atoms with E-state index in [1.54, 1.807) is 0 Å². The summed E-state index contributed by atoms with van der Waals surface area (Å²) in [5.41, 5.74) is 4.92. The van der Waals surface area contributed by atoms with Crippen LogP contribution in [0, 0.1) is 31.6 Å². The Hall–Kier alpha value is -2.48. The lowest BCUT2D eigenvalue weighted by Crippen LogP contribution is -2.42. The number of amides is 2. The lowest BCUT2D eigenvalue weighted by molar-refractivity contribution is -0.143. The van der Waals surface area contributed by atoms with E-state index in [0.29, 0.717) is 29.7 Å². The maximum absolute atomic E-state index is 13.6. The standard InChI is InChI=1S/C32H45NO6/c1-4-8-21(15-22-13-19(2)30(37)20(3)14-22)11-12-27(36)28-23(17-34)16-25-29(26(28)18-35)32(39)33(31(25)38)24-9-6-5-7-10-24/h13-15,24-27,29,34-37H,4-12,16-18H2,1-3H3/b21-15+/t25-,26+,27-,29-/m1/s1. The van der Waals surface area contributed by atoms with Crippen molar-refractivity contribution in [2.24, 2.45) is 17.8 Å². The van der Waals surface area contributed by atoms with E-state index in [2.05, 4.69) is 13.0 Å². The number of imide groups is 1. The van der Waals surface area contributed by atoms with Gasteiger partial charge in [-0.1, -0.05) is 44.3 Å². The number of fused-ring (bicyclic) bond motifs is 1. The number of aliphatic hydroxyl groups excluding tert-OH is 3. The van der Waals surface area contributed by atoms with Crippen LogP contribution >= 0.6 is 0 Å². The molecule has 0 radical (unpaired) electrons. The summed E-state index contributed by atoms with van der Waals surface area (Å²) in [5.74, 6) is -2.03. The van der Waals surface area contributed by atoms with Gasteiger partial charge in [-0.25, -0.2) is 0 Å². The van der Waals surface area contributed by atoms with Crippen LogP contribution in [0.25, 0.3) is 6.08 Å². The smallest absolute Gasteiger partial charge is 0.234 e. The van der Waals surface area contributed by atoms with E-state index in [-0.39, 0.29) is 37.5 Å². The third-order valence-corrected chi connectivity index (χ3v) is 9.10. The van der Waals surface area contributed by atoms with Crippen molar-refractivity contribution in [3.05, 3.63) is 45.5 Å². The first kappa shape index (κ1) is 29.5. The van der Waals surface area contributed by atoms with Crippen molar-refractivity contribution in [1.82, 2.24) is 4.90 Å². The van der Waals surface area contributed by atoms with Crippen molar-refractivity contribution in [2.75, 3.05) is 13.2 Å². The lowest BCUT2D eigenvalue weighted by Gasteiger charge is -2.36. The SMILES string of the molecule is CCC/C(=C\c1cc(C)c(O)c(C)c1)CC[C@@H](O)C1=C(CO)C[C@H]2C(=O)N(C3CCCCC3)C(=O)[C@H]2[C@H]1CO. The maximum Gasteiger partial charge on any atom is 0.234 e. The molecule has 1 saturated carbocycles. The van der Waals surface area contributed by atoms with E-state index >= 15 is 0 Å². The van der Waals surface area contributed by atoms with Crippen LogP contribution in [0.2, 0.25) is 0 Å². The Morgan fingerprint density at radius 3 is 2.31 bits per heavy atom. The quantitative estimate of drug-likeness (QED) is 0.256. The molecule has 1 saturated heterocycles. The fraction of sp³-hybridized carbons (Fsp3) is 0.625. The molecule has 0 aromatic heterocycles. The highest BCUT2D eigenvalue weighted by Crippen LogP contribution is 2.47. The number of likely N-dealkylation sites (tertiary alicyclic amines) is 1. The summed E-state index contributed by atoms with van der Waals surface area (Å²) in [4.78, 5) is 28.5. The minimum absolute atomic E-state index is 0.0800. The number of nitrogens with zero attached hydrogens (tertiary/aromatic N) is 1. The molecule has 4 N–H and O–H groups in total. The highest BCUT2D eigenvalue weighted by atomic mass is 16.3. The number of carbonyl (C=O) groups is 2. The number of hydrogen-bond acceptors (Lipinski definition) is 6. The van der Waals surface area contributed by atoms with E-state index in [9.17, 15) is 30.0 Å². The monoisotopic (exact) mass is 539 g/mol. The number of aryl methyl sites for hydroxylation is 2. The van der Waals surface area contributed by atoms with Gasteiger partial charge in [0.15, 0.2) is 0 Å². The van der Waals surface area contributed by atoms with Gasteiger partial charge in [0.25, 0.3) is 0 Å². The van der Waals surface area contributed by atoms with Crippen LogP contribution in [-0.4, -0.2) is 62.5 Å². The molecule has 0 spiro atoms. The summed E-state index contributed by atoms with van der Waals surface area (Å²) < 4.78 is 0. The van der Waals surface area contributed by atoms with E-state index < -0.39 is 23.9 Å². The molecule has 1 heterocycles. The molecule has 0 bridgehead atoms. The number of phenols is 1. The van der Waals surface area contributed by atoms with Crippen molar-refractivity contribution < 1.29 is 30.0 Å². The second-order valence-corrected chi connectivity index (χ2v) is 11.8. The largest absolute Gasteiger partial charge is 0.507 e. The van der Waals surface area contributed by atoms with Crippen LogP contribution in [0.1, 0.15) is 87.8 Å². The molecule has 0 unspecified atom stereocenters. The number of aliphatic hydroxyl groups is 3. The predicted molar refractivity (Wildman–Crippen MR) is 151 cm³/mol. The van der Waals surface area contributed by atoms with Gasteiger partial charge in [0, 0.05) is 12.0 Å². The molecule has 7 nitrogen and oxygen atoms in total. The fourth-order valence-electron chi connectivity index (χ4n) is 7.21. The van der Waals surface area contributed by atoms with Crippen LogP contribution in [0.15, 0.2) is 28.9 Å². The molecule has 214 valence electrons. The Balaban J connectivity index is 1.55. The molecule has 1 aromatic rings. The molecule has 39 heavy (non-hydrogen) atoms. The molecule has 4 rings (SSSR count). The van der Waals surface area contributed by atoms with Crippen molar-refractivity contribution in [3.63, 3.8) is 0 Å². The van der Waals surface area contributed by atoms with Crippen LogP contribution < -0.4 is 0 Å². The number of aromatic hydroxyl groups is 1. The second-order valence-electron chi connectivity index (χ2n) is 11.8. The molecular formula is C32H45NO6. The molecule has 1 aliphatic heterocycles. The average molecular weight is 540 g/mol. The first-order valence-corrected chi connectivity index (χ1v) is 14.7. The van der Waals surface area contributed by atoms with E-state index in [0.717, 1.165) is 67.2 Å². The molecule has 2 aliphatic carbocycles. The summed E-state index contributed by atoms with van der Waals surface area (Å²) in [7, 11) is 0. The number of allylic oxidation sites excluding steroid dienone is 1. The Morgan fingerprint density at radius 2 is 1.72 bits per heavy atom.